The third-order valence-electron chi connectivity index (χ3n) is 1.04. The zero-order chi connectivity index (χ0) is 8.65. The summed E-state index contributed by atoms with van der Waals surface area (Å²) in [6.45, 7) is 0.486. The Kier molecular flexibility index (Phi) is 12.0. The quantitative estimate of drug-likeness (QED) is 0.589. The van der Waals surface area contributed by atoms with E-state index in [9.17, 15) is 0 Å². The van der Waals surface area contributed by atoms with Gasteiger partial charge in [0.1, 0.15) is 0 Å². The fraction of sp³-hybridized carbons (Fsp3) is 0.0909. The van der Waals surface area contributed by atoms with Crippen LogP contribution in [0.3, 0.4) is 0 Å². The molecule has 3 heteroatoms. The molecule has 78 valence electrons. The number of halogens is 1. The van der Waals surface area contributed by atoms with Crippen molar-refractivity contribution in [3.05, 3.63) is 60.2 Å². The molecule has 14 heavy (non-hydrogen) atoms. The van der Waals surface area contributed by atoms with E-state index < -0.39 is 0 Å². The Balaban J connectivity index is 0. The minimum absolute atomic E-state index is 0. The molecule has 0 heterocycles. The molecule has 0 saturated heterocycles. The molecule has 0 amide bonds. The molecule has 0 aliphatic rings. The summed E-state index contributed by atoms with van der Waals surface area (Å²) in [5, 5.41) is 0. The third-order valence-corrected chi connectivity index (χ3v) is 1.04. The van der Waals surface area contributed by atoms with Crippen LogP contribution in [0, 0.1) is 48.5 Å². The van der Waals surface area contributed by atoms with Gasteiger partial charge in [-0.1, -0.05) is 0 Å². The van der Waals surface area contributed by atoms with Gasteiger partial charge in [-0.3, -0.25) is 0 Å². The van der Waals surface area contributed by atoms with Crippen molar-refractivity contribution < 1.29 is 17.1 Å². The fourth-order valence-corrected chi connectivity index (χ4v) is 0.527. The number of hydrogen-bond donors (Lipinski definition) is 1. The van der Waals surface area contributed by atoms with Crippen molar-refractivity contribution in [1.29, 1.82) is 0 Å². The molecule has 0 spiro atoms. The molecule has 2 N–H and O–H groups in total. The molecule has 0 atom stereocenters. The molecule has 0 saturated carbocycles. The van der Waals surface area contributed by atoms with Crippen LogP contribution in [-0.2, 0) is 23.6 Å². The predicted molar refractivity (Wildman–Crippen MR) is 49.9 cm³/mol. The van der Waals surface area contributed by atoms with E-state index in [4.69, 9.17) is 5.73 Å². The molecule has 2 rings (SSSR count). The van der Waals surface area contributed by atoms with Crippen molar-refractivity contribution in [2.45, 2.75) is 6.54 Å². The van der Waals surface area contributed by atoms with E-state index in [2.05, 4.69) is 48.5 Å². The van der Waals surface area contributed by atoms with Crippen molar-refractivity contribution in [3.8, 4) is 0 Å². The topological polar surface area (TPSA) is 26.0 Å². The predicted octanol–water partition coefficient (Wildman–Crippen LogP) is 1.09. The first kappa shape index (κ1) is 15.9. The van der Waals surface area contributed by atoms with Gasteiger partial charge in [0.25, 0.3) is 0 Å². The van der Waals surface area contributed by atoms with Gasteiger partial charge in [-0.15, -0.1) is 12.4 Å². The largest absolute Gasteiger partial charge is 2.00 e. The number of nitrogens with two attached hydrogens (primary N) is 1. The minimum Gasteiger partial charge on any atom is -0.999 e. The van der Waals surface area contributed by atoms with Crippen LogP contribution in [0.5, 0.6) is 0 Å². The van der Waals surface area contributed by atoms with Crippen molar-refractivity contribution >= 4 is 12.4 Å². The smallest absolute Gasteiger partial charge is 0.999 e. The summed E-state index contributed by atoms with van der Waals surface area (Å²) >= 11 is 0. The molecule has 0 aromatic heterocycles. The molecular formula is C11H6ClFeN-8. The molecule has 0 radical (unpaired) electrons. The van der Waals surface area contributed by atoms with E-state index in [1.54, 1.807) is 6.07 Å². The van der Waals surface area contributed by atoms with Gasteiger partial charge >= 0.3 is 17.1 Å². The zero-order valence-electron chi connectivity index (χ0n) is 7.12. The average molecular weight is 243 g/mol. The van der Waals surface area contributed by atoms with E-state index >= 15 is 0 Å². The van der Waals surface area contributed by atoms with Crippen LogP contribution < -0.4 is 5.73 Å². The molecule has 0 aliphatic carbocycles. The number of hydrogen-bond acceptors (Lipinski definition) is 1. The van der Waals surface area contributed by atoms with Crippen LogP contribution in [-0.4, -0.2) is 0 Å². The summed E-state index contributed by atoms with van der Waals surface area (Å²) in [5.74, 6) is 0. The van der Waals surface area contributed by atoms with Crippen molar-refractivity contribution in [1.82, 2.24) is 0 Å². The van der Waals surface area contributed by atoms with E-state index in [1.807, 2.05) is 0 Å². The third kappa shape index (κ3) is 6.93. The maximum absolute atomic E-state index is 5.19. The Labute approximate surface area is 102 Å². The van der Waals surface area contributed by atoms with Gasteiger partial charge in [-0.05, 0) is 0 Å². The summed E-state index contributed by atoms with van der Waals surface area (Å²) < 4.78 is 0. The standard InChI is InChI=1S/C6H4N.C5H.ClH.Fe/c7-5-6-3-1-2-4-6;1-2-4-5-3-1;;/h5,7H2;1H;1H;/q2*-5;;+2. The van der Waals surface area contributed by atoms with Crippen LogP contribution in [0.4, 0.5) is 0 Å². The van der Waals surface area contributed by atoms with Crippen molar-refractivity contribution in [2.75, 3.05) is 0 Å². The van der Waals surface area contributed by atoms with E-state index in [1.165, 1.54) is 0 Å². The first-order valence-electron chi connectivity index (χ1n) is 3.34. The summed E-state index contributed by atoms with van der Waals surface area (Å²) in [6, 6.07) is 22.6. The summed E-state index contributed by atoms with van der Waals surface area (Å²) in [6.07, 6.45) is 0. The Morgan fingerprint density at radius 2 is 1.50 bits per heavy atom. The van der Waals surface area contributed by atoms with Gasteiger partial charge in [0, 0.05) is 0 Å². The molecule has 1 nitrogen and oxygen atoms in total. The van der Waals surface area contributed by atoms with Crippen molar-refractivity contribution in [2.24, 2.45) is 5.73 Å². The van der Waals surface area contributed by atoms with E-state index in [-0.39, 0.29) is 29.5 Å². The van der Waals surface area contributed by atoms with E-state index in [0.29, 0.717) is 6.54 Å². The molecule has 0 unspecified atom stereocenters. The summed E-state index contributed by atoms with van der Waals surface area (Å²) in [5.41, 5.74) is 6.04. The number of rotatable bonds is 1. The summed E-state index contributed by atoms with van der Waals surface area (Å²) in [7, 11) is 0. The van der Waals surface area contributed by atoms with Gasteiger partial charge < -0.3 is 65.9 Å². The van der Waals surface area contributed by atoms with Gasteiger partial charge in [-0.2, -0.15) is 6.54 Å². The van der Waals surface area contributed by atoms with E-state index in [0.717, 1.165) is 5.56 Å². The fourth-order valence-electron chi connectivity index (χ4n) is 0.527. The average Bonchev–Trinajstić information content (AvgIpc) is 2.81. The second-order valence-electron chi connectivity index (χ2n) is 1.87. The van der Waals surface area contributed by atoms with Gasteiger partial charge in [0.15, 0.2) is 0 Å². The second kappa shape index (κ2) is 10.5. The maximum Gasteiger partial charge on any atom is 2.00 e. The maximum atomic E-state index is 5.19. The van der Waals surface area contributed by atoms with Crippen LogP contribution in [0.2, 0.25) is 0 Å². The van der Waals surface area contributed by atoms with Gasteiger partial charge in [-0.25, -0.2) is 0 Å². The summed E-state index contributed by atoms with van der Waals surface area (Å²) in [4.78, 5) is 0. The molecule has 0 fully saturated rings. The SMILES string of the molecule is Cl.NC[c-]1[c-][c-][c-][c-]1.[Fe+2].[c-]1[c-][c-][cH-][c-]1. The Morgan fingerprint density at radius 1 is 1.00 bits per heavy atom. The Hall–Kier alpha value is -0.531. The zero-order valence-corrected chi connectivity index (χ0v) is 9.04. The molecule has 0 bridgehead atoms. The second-order valence-corrected chi connectivity index (χ2v) is 1.87. The Bertz CT molecular complexity index is 246. The Morgan fingerprint density at radius 3 is 1.71 bits per heavy atom. The van der Waals surface area contributed by atoms with Crippen LogP contribution in [0.1, 0.15) is 5.56 Å². The van der Waals surface area contributed by atoms with Crippen molar-refractivity contribution in [3.63, 3.8) is 0 Å². The van der Waals surface area contributed by atoms with Crippen LogP contribution in [0.25, 0.3) is 0 Å². The molecular weight excluding hydrogens is 237 g/mol. The van der Waals surface area contributed by atoms with Crippen LogP contribution >= 0.6 is 12.4 Å². The first-order valence-corrected chi connectivity index (χ1v) is 3.34. The monoisotopic (exact) mass is 243 g/mol. The minimum atomic E-state index is 0. The normalized spacial score (nSPS) is 7.50. The molecule has 2 aromatic rings. The van der Waals surface area contributed by atoms with Crippen LogP contribution in [0.15, 0.2) is 6.07 Å². The van der Waals surface area contributed by atoms with Gasteiger partial charge in [0.2, 0.25) is 0 Å². The molecule has 2 aromatic carbocycles. The van der Waals surface area contributed by atoms with Gasteiger partial charge in [0.05, 0.1) is 0 Å². The first-order chi connectivity index (χ1) is 5.93. The molecule has 0 aliphatic heterocycles.